The quantitative estimate of drug-likeness (QED) is 0.806. The van der Waals surface area contributed by atoms with Gasteiger partial charge in [0, 0.05) is 30.3 Å². The zero-order valence-electron chi connectivity index (χ0n) is 7.95. The van der Waals surface area contributed by atoms with Gasteiger partial charge >= 0.3 is 0 Å². The third-order valence-electron chi connectivity index (χ3n) is 2.27. The SMILES string of the molecule is Brc1ccnc(CN2CCOCC2)c1. The van der Waals surface area contributed by atoms with E-state index < -0.39 is 0 Å². The highest BCUT2D eigenvalue weighted by Crippen LogP contribution is 2.11. The molecule has 1 aliphatic rings. The van der Waals surface area contributed by atoms with Gasteiger partial charge in [0.15, 0.2) is 0 Å². The Bertz CT molecular complexity index is 300. The normalized spacial score (nSPS) is 18.4. The molecule has 0 aliphatic carbocycles. The predicted octanol–water partition coefficient (Wildman–Crippen LogP) is 1.68. The first-order valence-corrected chi connectivity index (χ1v) is 5.54. The molecule has 1 fully saturated rings. The van der Waals surface area contributed by atoms with Crippen molar-refractivity contribution in [2.75, 3.05) is 26.3 Å². The van der Waals surface area contributed by atoms with Gasteiger partial charge < -0.3 is 4.74 Å². The molecule has 2 heterocycles. The molecule has 1 aromatic heterocycles. The molecule has 4 heteroatoms. The minimum Gasteiger partial charge on any atom is -0.379 e. The standard InChI is InChI=1S/C10H13BrN2O/c11-9-1-2-12-10(7-9)8-13-3-5-14-6-4-13/h1-2,7H,3-6,8H2. The number of halogens is 1. The molecule has 0 amide bonds. The van der Waals surface area contributed by atoms with E-state index in [1.54, 1.807) is 0 Å². The van der Waals surface area contributed by atoms with Gasteiger partial charge in [0.2, 0.25) is 0 Å². The van der Waals surface area contributed by atoms with Crippen LogP contribution in [0.5, 0.6) is 0 Å². The molecule has 76 valence electrons. The summed E-state index contributed by atoms with van der Waals surface area (Å²) in [6.45, 7) is 4.62. The lowest BCUT2D eigenvalue weighted by Gasteiger charge is -2.26. The first-order valence-electron chi connectivity index (χ1n) is 4.75. The van der Waals surface area contributed by atoms with Gasteiger partial charge in [-0.25, -0.2) is 0 Å². The third-order valence-corrected chi connectivity index (χ3v) is 2.76. The summed E-state index contributed by atoms with van der Waals surface area (Å²) >= 11 is 3.44. The molecule has 0 radical (unpaired) electrons. The minimum absolute atomic E-state index is 0.841. The molecule has 0 N–H and O–H groups in total. The van der Waals surface area contributed by atoms with Gasteiger partial charge in [0.05, 0.1) is 18.9 Å². The number of hydrogen-bond donors (Lipinski definition) is 0. The molecule has 2 rings (SSSR count). The zero-order valence-corrected chi connectivity index (χ0v) is 9.53. The zero-order chi connectivity index (χ0) is 9.80. The summed E-state index contributed by atoms with van der Waals surface area (Å²) in [7, 11) is 0. The van der Waals surface area contributed by atoms with Gasteiger partial charge in [-0.1, -0.05) is 15.9 Å². The number of rotatable bonds is 2. The Morgan fingerprint density at radius 3 is 2.93 bits per heavy atom. The molecule has 0 bridgehead atoms. The Morgan fingerprint density at radius 1 is 1.43 bits per heavy atom. The van der Waals surface area contributed by atoms with Crippen LogP contribution >= 0.6 is 15.9 Å². The van der Waals surface area contributed by atoms with Gasteiger partial charge in [0.1, 0.15) is 0 Å². The maximum atomic E-state index is 5.29. The number of nitrogens with zero attached hydrogens (tertiary/aromatic N) is 2. The monoisotopic (exact) mass is 256 g/mol. The maximum absolute atomic E-state index is 5.29. The fraction of sp³-hybridized carbons (Fsp3) is 0.500. The summed E-state index contributed by atoms with van der Waals surface area (Å²) in [6.07, 6.45) is 1.83. The smallest absolute Gasteiger partial charge is 0.0594 e. The van der Waals surface area contributed by atoms with E-state index in [2.05, 4.69) is 31.9 Å². The van der Waals surface area contributed by atoms with Gasteiger partial charge in [0.25, 0.3) is 0 Å². The average Bonchev–Trinajstić information content (AvgIpc) is 2.19. The fourth-order valence-electron chi connectivity index (χ4n) is 1.52. The van der Waals surface area contributed by atoms with E-state index in [0.29, 0.717) is 0 Å². The molecule has 0 atom stereocenters. The minimum atomic E-state index is 0.841. The average molecular weight is 257 g/mol. The molecule has 1 aromatic rings. The van der Waals surface area contributed by atoms with Crippen molar-refractivity contribution in [3.8, 4) is 0 Å². The summed E-state index contributed by atoms with van der Waals surface area (Å²) < 4.78 is 6.38. The van der Waals surface area contributed by atoms with E-state index in [1.807, 2.05) is 12.3 Å². The number of ether oxygens (including phenoxy) is 1. The van der Waals surface area contributed by atoms with Crippen LogP contribution in [0.3, 0.4) is 0 Å². The van der Waals surface area contributed by atoms with E-state index in [9.17, 15) is 0 Å². The summed E-state index contributed by atoms with van der Waals surface area (Å²) in [5.41, 5.74) is 1.11. The van der Waals surface area contributed by atoms with Gasteiger partial charge in [-0.2, -0.15) is 0 Å². The molecule has 1 saturated heterocycles. The van der Waals surface area contributed by atoms with Crippen molar-refractivity contribution < 1.29 is 4.74 Å². The summed E-state index contributed by atoms with van der Waals surface area (Å²) in [6, 6.07) is 4.01. The largest absolute Gasteiger partial charge is 0.379 e. The van der Waals surface area contributed by atoms with Crippen LogP contribution in [-0.4, -0.2) is 36.2 Å². The van der Waals surface area contributed by atoms with Crippen LogP contribution in [0, 0.1) is 0 Å². The van der Waals surface area contributed by atoms with E-state index in [-0.39, 0.29) is 0 Å². The van der Waals surface area contributed by atoms with Crippen molar-refractivity contribution in [2.45, 2.75) is 6.54 Å². The summed E-state index contributed by atoms with van der Waals surface area (Å²) in [5.74, 6) is 0. The molecule has 0 aromatic carbocycles. The van der Waals surface area contributed by atoms with Crippen LogP contribution in [0.25, 0.3) is 0 Å². The Labute approximate surface area is 92.2 Å². The topological polar surface area (TPSA) is 25.4 Å². The van der Waals surface area contributed by atoms with E-state index in [4.69, 9.17) is 4.74 Å². The van der Waals surface area contributed by atoms with Gasteiger partial charge in [-0.15, -0.1) is 0 Å². The molecule has 0 spiro atoms. The van der Waals surface area contributed by atoms with Crippen molar-refractivity contribution in [3.05, 3.63) is 28.5 Å². The van der Waals surface area contributed by atoms with Crippen molar-refractivity contribution >= 4 is 15.9 Å². The molecular formula is C10H13BrN2O. The molecule has 3 nitrogen and oxygen atoms in total. The molecule has 14 heavy (non-hydrogen) atoms. The van der Waals surface area contributed by atoms with Crippen molar-refractivity contribution in [1.29, 1.82) is 0 Å². The van der Waals surface area contributed by atoms with Gasteiger partial charge in [-0.3, -0.25) is 9.88 Å². The molecule has 1 aliphatic heterocycles. The lowest BCUT2D eigenvalue weighted by Crippen LogP contribution is -2.35. The second-order valence-corrected chi connectivity index (χ2v) is 4.27. The number of morpholine rings is 1. The van der Waals surface area contributed by atoms with Gasteiger partial charge in [-0.05, 0) is 12.1 Å². The highest BCUT2D eigenvalue weighted by atomic mass is 79.9. The van der Waals surface area contributed by atoms with Crippen molar-refractivity contribution in [2.24, 2.45) is 0 Å². The summed E-state index contributed by atoms with van der Waals surface area (Å²) in [5, 5.41) is 0. The van der Waals surface area contributed by atoms with E-state index >= 15 is 0 Å². The summed E-state index contributed by atoms with van der Waals surface area (Å²) in [4.78, 5) is 6.68. The molecular weight excluding hydrogens is 244 g/mol. The second kappa shape index (κ2) is 4.87. The second-order valence-electron chi connectivity index (χ2n) is 3.35. The van der Waals surface area contributed by atoms with Crippen LogP contribution in [0.15, 0.2) is 22.8 Å². The van der Waals surface area contributed by atoms with Crippen molar-refractivity contribution in [3.63, 3.8) is 0 Å². The van der Waals surface area contributed by atoms with Crippen LogP contribution in [0.4, 0.5) is 0 Å². The van der Waals surface area contributed by atoms with Crippen LogP contribution in [0.2, 0.25) is 0 Å². The highest BCUT2D eigenvalue weighted by molar-refractivity contribution is 9.10. The first-order chi connectivity index (χ1) is 6.84. The number of pyridine rings is 1. The number of aromatic nitrogens is 1. The van der Waals surface area contributed by atoms with Crippen molar-refractivity contribution in [1.82, 2.24) is 9.88 Å². The highest BCUT2D eigenvalue weighted by Gasteiger charge is 2.10. The Morgan fingerprint density at radius 2 is 2.21 bits per heavy atom. The Balaban J connectivity index is 1.95. The maximum Gasteiger partial charge on any atom is 0.0594 e. The van der Waals surface area contributed by atoms with E-state index in [0.717, 1.165) is 43.0 Å². The Hall–Kier alpha value is -0.450. The van der Waals surface area contributed by atoms with Crippen LogP contribution in [-0.2, 0) is 11.3 Å². The lowest BCUT2D eigenvalue weighted by atomic mass is 10.3. The molecule has 0 saturated carbocycles. The number of hydrogen-bond acceptors (Lipinski definition) is 3. The van der Waals surface area contributed by atoms with E-state index in [1.165, 1.54) is 0 Å². The first kappa shape index (κ1) is 10.1. The lowest BCUT2D eigenvalue weighted by molar-refractivity contribution is 0.0336. The fourth-order valence-corrected chi connectivity index (χ4v) is 1.91. The Kier molecular flexibility index (Phi) is 3.50. The third kappa shape index (κ3) is 2.77. The van der Waals surface area contributed by atoms with Crippen LogP contribution in [0.1, 0.15) is 5.69 Å². The molecule has 0 unspecified atom stereocenters. The van der Waals surface area contributed by atoms with Crippen LogP contribution < -0.4 is 0 Å². The predicted molar refractivity (Wildman–Crippen MR) is 58.0 cm³/mol.